The maximum Gasteiger partial charge on any atom is 0.309 e. The molecule has 0 aromatic rings. The maximum absolute atomic E-state index is 11.5. The predicted octanol–water partition coefficient (Wildman–Crippen LogP) is -0.123. The van der Waals surface area contributed by atoms with Crippen LogP contribution in [-0.4, -0.2) is 34.9 Å². The number of aliphatic hydroxyl groups is 1. The minimum atomic E-state index is -0.918. The minimum absolute atomic E-state index is 0.212. The summed E-state index contributed by atoms with van der Waals surface area (Å²) in [5.74, 6) is -2.71. The van der Waals surface area contributed by atoms with E-state index in [2.05, 4.69) is 0 Å². The van der Waals surface area contributed by atoms with E-state index in [9.17, 15) is 14.7 Å². The van der Waals surface area contributed by atoms with Gasteiger partial charge in [0.05, 0.1) is 24.5 Å². The fourth-order valence-electron chi connectivity index (χ4n) is 2.78. The van der Waals surface area contributed by atoms with Gasteiger partial charge in [-0.15, -0.1) is 0 Å². The lowest BCUT2D eigenvalue weighted by atomic mass is 9.99. The summed E-state index contributed by atoms with van der Waals surface area (Å²) in [5, 5.41) is 18.4. The van der Waals surface area contributed by atoms with Crippen molar-refractivity contribution in [2.45, 2.75) is 19.4 Å². The van der Waals surface area contributed by atoms with Crippen molar-refractivity contribution >= 4 is 11.9 Å². The van der Waals surface area contributed by atoms with Gasteiger partial charge in [0.1, 0.15) is 0 Å². The van der Waals surface area contributed by atoms with E-state index in [-0.39, 0.29) is 17.8 Å². The molecule has 2 fully saturated rings. The normalized spacial score (nSPS) is 42.1. The van der Waals surface area contributed by atoms with Gasteiger partial charge >= 0.3 is 11.9 Å². The van der Waals surface area contributed by atoms with E-state index >= 15 is 0 Å². The van der Waals surface area contributed by atoms with Gasteiger partial charge in [-0.3, -0.25) is 9.59 Å². The van der Waals surface area contributed by atoms with E-state index in [1.165, 1.54) is 0 Å². The van der Waals surface area contributed by atoms with Crippen LogP contribution >= 0.6 is 0 Å². The number of esters is 1. The van der Waals surface area contributed by atoms with Gasteiger partial charge in [-0.25, -0.2) is 0 Å². The first kappa shape index (κ1) is 10.4. The summed E-state index contributed by atoms with van der Waals surface area (Å²) >= 11 is 0. The first-order valence-electron chi connectivity index (χ1n) is 5.15. The van der Waals surface area contributed by atoms with Crippen molar-refractivity contribution in [1.82, 2.24) is 0 Å². The number of fused-ring (bicyclic) bond motifs is 1. The number of aliphatic hydroxyl groups excluding tert-OH is 1. The maximum atomic E-state index is 11.5. The number of hydrogen-bond donors (Lipinski definition) is 2. The second kappa shape index (κ2) is 3.48. The molecule has 84 valence electrons. The van der Waals surface area contributed by atoms with Gasteiger partial charge in [0, 0.05) is 5.92 Å². The molecule has 5 atom stereocenters. The molecule has 0 radical (unpaired) electrons. The van der Waals surface area contributed by atoms with E-state index in [0.29, 0.717) is 13.0 Å². The summed E-state index contributed by atoms with van der Waals surface area (Å²) in [5.41, 5.74) is 0. The first-order chi connectivity index (χ1) is 7.07. The lowest BCUT2D eigenvalue weighted by molar-refractivity contribution is -0.149. The molecule has 0 aromatic carbocycles. The molecule has 2 unspecified atom stereocenters. The number of carbonyl (C=O) groups excluding carboxylic acids is 1. The number of carbonyl (C=O) groups is 2. The Morgan fingerprint density at radius 3 is 2.53 bits per heavy atom. The highest BCUT2D eigenvalue weighted by Gasteiger charge is 2.68. The largest absolute Gasteiger partial charge is 0.481 e. The van der Waals surface area contributed by atoms with Gasteiger partial charge < -0.3 is 14.9 Å². The highest BCUT2D eigenvalue weighted by atomic mass is 16.5. The van der Waals surface area contributed by atoms with E-state index in [1.54, 1.807) is 6.92 Å². The molecule has 0 amide bonds. The van der Waals surface area contributed by atoms with Crippen LogP contribution in [-0.2, 0) is 14.3 Å². The summed E-state index contributed by atoms with van der Waals surface area (Å²) in [6.45, 7) is 2.00. The molecule has 5 nitrogen and oxygen atoms in total. The Balaban J connectivity index is 2.04. The Bertz CT molecular complexity index is 300. The standard InChI is InChI=1S/C10H14O5/c1-2-15-10(14)4-3-5(11)7-6(4)8(7)9(12)13/h4-8,11H,2-3H2,1H3,(H,12,13)/t4-,5-,6?,7?,8+/m0/s1. The highest BCUT2D eigenvalue weighted by molar-refractivity contribution is 5.80. The van der Waals surface area contributed by atoms with Crippen LogP contribution in [0.2, 0.25) is 0 Å². The van der Waals surface area contributed by atoms with Gasteiger partial charge in [-0.05, 0) is 19.3 Å². The average molecular weight is 214 g/mol. The summed E-state index contributed by atoms with van der Waals surface area (Å²) in [6, 6.07) is 0. The Hall–Kier alpha value is -1.10. The number of hydrogen-bond acceptors (Lipinski definition) is 4. The Labute approximate surface area is 87.0 Å². The van der Waals surface area contributed by atoms with Crippen LogP contribution in [0.3, 0.4) is 0 Å². The monoisotopic (exact) mass is 214 g/mol. The topological polar surface area (TPSA) is 83.8 Å². The zero-order valence-electron chi connectivity index (χ0n) is 8.42. The zero-order valence-corrected chi connectivity index (χ0v) is 8.42. The molecule has 2 N–H and O–H groups in total. The molecule has 0 bridgehead atoms. The van der Waals surface area contributed by atoms with Gasteiger partial charge in [0.25, 0.3) is 0 Å². The summed E-state index contributed by atoms with van der Waals surface area (Å²) in [4.78, 5) is 22.3. The van der Waals surface area contributed by atoms with Crippen molar-refractivity contribution in [1.29, 1.82) is 0 Å². The van der Waals surface area contributed by atoms with Crippen LogP contribution in [0.5, 0.6) is 0 Å². The second-order valence-electron chi connectivity index (χ2n) is 4.18. The molecule has 15 heavy (non-hydrogen) atoms. The molecular weight excluding hydrogens is 200 g/mol. The van der Waals surface area contributed by atoms with Crippen LogP contribution in [0.15, 0.2) is 0 Å². The quantitative estimate of drug-likeness (QED) is 0.640. The fraction of sp³-hybridized carbons (Fsp3) is 0.800. The smallest absolute Gasteiger partial charge is 0.309 e. The van der Waals surface area contributed by atoms with E-state index in [0.717, 1.165) is 0 Å². The second-order valence-corrected chi connectivity index (χ2v) is 4.18. The van der Waals surface area contributed by atoms with Crippen molar-refractivity contribution < 1.29 is 24.5 Å². The van der Waals surface area contributed by atoms with E-state index in [4.69, 9.17) is 9.84 Å². The number of carboxylic acids is 1. The highest BCUT2D eigenvalue weighted by Crippen LogP contribution is 2.60. The summed E-state index contributed by atoms with van der Waals surface area (Å²) in [6.07, 6.45) is -0.316. The number of aliphatic carboxylic acids is 1. The average Bonchev–Trinajstić information content (AvgIpc) is 2.81. The molecule has 2 rings (SSSR count). The predicted molar refractivity (Wildman–Crippen MR) is 48.9 cm³/mol. The van der Waals surface area contributed by atoms with Crippen LogP contribution < -0.4 is 0 Å². The Morgan fingerprint density at radius 2 is 2.07 bits per heavy atom. The molecule has 2 aliphatic rings. The van der Waals surface area contributed by atoms with Crippen molar-refractivity contribution in [2.75, 3.05) is 6.61 Å². The molecule has 0 spiro atoms. The Morgan fingerprint density at radius 1 is 1.40 bits per heavy atom. The molecule has 0 saturated heterocycles. The molecular formula is C10H14O5. The summed E-state index contributed by atoms with van der Waals surface area (Å²) < 4.78 is 4.86. The lowest BCUT2D eigenvalue weighted by Crippen LogP contribution is -2.24. The van der Waals surface area contributed by atoms with Gasteiger partial charge in [-0.2, -0.15) is 0 Å². The van der Waals surface area contributed by atoms with E-state index < -0.39 is 23.9 Å². The van der Waals surface area contributed by atoms with Gasteiger partial charge in [0.2, 0.25) is 0 Å². The third-order valence-electron chi connectivity index (χ3n) is 3.41. The molecule has 2 aliphatic carbocycles. The fourth-order valence-corrected chi connectivity index (χ4v) is 2.78. The zero-order chi connectivity index (χ0) is 11.2. The van der Waals surface area contributed by atoms with Crippen LogP contribution in [0, 0.1) is 23.7 Å². The van der Waals surface area contributed by atoms with Crippen LogP contribution in [0.4, 0.5) is 0 Å². The van der Waals surface area contributed by atoms with Crippen molar-refractivity contribution in [3.8, 4) is 0 Å². The minimum Gasteiger partial charge on any atom is -0.481 e. The van der Waals surface area contributed by atoms with Crippen molar-refractivity contribution in [3.05, 3.63) is 0 Å². The SMILES string of the molecule is CCOC(=O)[C@H]1C[C@H](O)C2C1[C@H]2C(=O)O. The van der Waals surface area contributed by atoms with Crippen molar-refractivity contribution in [2.24, 2.45) is 23.7 Å². The van der Waals surface area contributed by atoms with Crippen molar-refractivity contribution in [3.63, 3.8) is 0 Å². The summed E-state index contributed by atoms with van der Waals surface area (Å²) in [7, 11) is 0. The van der Waals surface area contributed by atoms with E-state index in [1.807, 2.05) is 0 Å². The molecule has 0 heterocycles. The van der Waals surface area contributed by atoms with Crippen LogP contribution in [0.1, 0.15) is 13.3 Å². The van der Waals surface area contributed by atoms with Gasteiger partial charge in [-0.1, -0.05) is 0 Å². The number of ether oxygens (including phenoxy) is 1. The third kappa shape index (κ3) is 1.51. The Kier molecular flexibility index (Phi) is 2.42. The molecule has 2 saturated carbocycles. The van der Waals surface area contributed by atoms with Crippen LogP contribution in [0.25, 0.3) is 0 Å². The number of rotatable bonds is 3. The first-order valence-corrected chi connectivity index (χ1v) is 5.15. The van der Waals surface area contributed by atoms with Gasteiger partial charge in [0.15, 0.2) is 0 Å². The third-order valence-corrected chi connectivity index (χ3v) is 3.41. The molecule has 5 heteroatoms. The number of carboxylic acid groups (broad SMARTS) is 1. The molecule has 0 aromatic heterocycles. The molecule has 0 aliphatic heterocycles. The lowest BCUT2D eigenvalue weighted by Gasteiger charge is -2.13.